The average Bonchev–Trinajstić information content (AvgIpc) is 3.30. The summed E-state index contributed by atoms with van der Waals surface area (Å²) in [6.07, 6.45) is 4.03. The van der Waals surface area contributed by atoms with Crippen LogP contribution in [0.15, 0.2) is 38.4 Å². The molecule has 0 saturated carbocycles. The van der Waals surface area contributed by atoms with Gasteiger partial charge in [-0.25, -0.2) is 4.98 Å². The number of hydrogen-bond acceptors (Lipinski definition) is 6. The van der Waals surface area contributed by atoms with E-state index in [2.05, 4.69) is 29.0 Å². The summed E-state index contributed by atoms with van der Waals surface area (Å²) in [6.45, 7) is 7.72. The van der Waals surface area contributed by atoms with E-state index in [0.717, 1.165) is 12.2 Å². The van der Waals surface area contributed by atoms with Gasteiger partial charge in [0, 0.05) is 26.2 Å². The highest BCUT2D eigenvalue weighted by Crippen LogP contribution is 2.20. The third-order valence-electron chi connectivity index (χ3n) is 5.01. The van der Waals surface area contributed by atoms with Gasteiger partial charge in [-0.05, 0) is 32.4 Å². The van der Waals surface area contributed by atoms with Crippen LogP contribution in [0.4, 0.5) is 0 Å². The van der Waals surface area contributed by atoms with E-state index in [-0.39, 0.29) is 28.1 Å². The second-order valence-electron chi connectivity index (χ2n) is 6.94. The van der Waals surface area contributed by atoms with Gasteiger partial charge in [-0.15, -0.1) is 0 Å². The number of rotatable bonds is 8. The summed E-state index contributed by atoms with van der Waals surface area (Å²) in [5.41, 5.74) is 0.140. The minimum Gasteiger partial charge on any atom is -0.468 e. The molecule has 3 heterocycles. The van der Waals surface area contributed by atoms with E-state index in [1.54, 1.807) is 20.2 Å². The van der Waals surface area contributed by atoms with E-state index in [0.29, 0.717) is 31.4 Å². The van der Waals surface area contributed by atoms with Gasteiger partial charge in [-0.1, -0.05) is 6.92 Å². The highest BCUT2D eigenvalue weighted by molar-refractivity contribution is 6.06. The SMILES string of the molecule is CC[C@@H](C)N(CCNC(=O)c1c(C)oc2ncn(C)c(=O)c12)Cc1ccco1. The van der Waals surface area contributed by atoms with Crippen molar-refractivity contribution in [1.29, 1.82) is 0 Å². The molecule has 8 nitrogen and oxygen atoms in total. The average molecular weight is 386 g/mol. The van der Waals surface area contributed by atoms with Crippen LogP contribution in [0.2, 0.25) is 0 Å². The zero-order valence-corrected chi connectivity index (χ0v) is 16.7. The number of fused-ring (bicyclic) bond motifs is 1. The van der Waals surface area contributed by atoms with Crippen molar-refractivity contribution in [2.24, 2.45) is 7.05 Å². The molecule has 150 valence electrons. The molecule has 0 aliphatic heterocycles. The molecule has 0 spiro atoms. The van der Waals surface area contributed by atoms with Crippen molar-refractivity contribution < 1.29 is 13.6 Å². The van der Waals surface area contributed by atoms with Crippen molar-refractivity contribution in [3.8, 4) is 0 Å². The Morgan fingerprint density at radius 2 is 2.21 bits per heavy atom. The standard InChI is InChI=1S/C20H26N4O4/c1-5-13(2)24(11-15-7-6-10-27-15)9-8-21-18(25)16-14(3)28-19-17(16)20(26)23(4)12-22-19/h6-7,10,12-13H,5,8-9,11H2,1-4H3,(H,21,25)/t13-/m1/s1. The first-order chi connectivity index (χ1) is 13.4. The zero-order chi connectivity index (χ0) is 20.3. The summed E-state index contributed by atoms with van der Waals surface area (Å²) in [6, 6.07) is 4.15. The number of nitrogens with zero attached hydrogens (tertiary/aromatic N) is 3. The molecule has 0 unspecified atom stereocenters. The number of aromatic nitrogens is 2. The monoisotopic (exact) mass is 386 g/mol. The topological polar surface area (TPSA) is 93.5 Å². The van der Waals surface area contributed by atoms with Crippen LogP contribution in [0.1, 0.15) is 42.1 Å². The fourth-order valence-electron chi connectivity index (χ4n) is 3.18. The second-order valence-corrected chi connectivity index (χ2v) is 6.94. The van der Waals surface area contributed by atoms with Crippen LogP contribution in [0.5, 0.6) is 0 Å². The van der Waals surface area contributed by atoms with Gasteiger partial charge in [0.25, 0.3) is 11.5 Å². The van der Waals surface area contributed by atoms with E-state index in [9.17, 15) is 9.59 Å². The van der Waals surface area contributed by atoms with Crippen LogP contribution >= 0.6 is 0 Å². The van der Waals surface area contributed by atoms with Crippen LogP contribution < -0.4 is 10.9 Å². The number of aryl methyl sites for hydroxylation is 2. The van der Waals surface area contributed by atoms with Crippen molar-refractivity contribution in [1.82, 2.24) is 19.8 Å². The fraction of sp³-hybridized carbons (Fsp3) is 0.450. The van der Waals surface area contributed by atoms with Crippen molar-refractivity contribution in [3.05, 3.63) is 52.2 Å². The molecular weight excluding hydrogens is 360 g/mol. The van der Waals surface area contributed by atoms with Crippen LogP contribution in [0.3, 0.4) is 0 Å². The lowest BCUT2D eigenvalue weighted by molar-refractivity contribution is 0.0941. The molecule has 0 saturated heterocycles. The predicted molar refractivity (Wildman–Crippen MR) is 105 cm³/mol. The lowest BCUT2D eigenvalue weighted by Gasteiger charge is -2.27. The smallest absolute Gasteiger partial charge is 0.265 e. The van der Waals surface area contributed by atoms with E-state index in [4.69, 9.17) is 8.83 Å². The van der Waals surface area contributed by atoms with Gasteiger partial charge in [0.2, 0.25) is 5.71 Å². The Kier molecular flexibility index (Phi) is 5.99. The van der Waals surface area contributed by atoms with Gasteiger partial charge in [-0.3, -0.25) is 14.5 Å². The molecule has 0 fully saturated rings. The maximum Gasteiger partial charge on any atom is 0.265 e. The van der Waals surface area contributed by atoms with Crippen LogP contribution in [0, 0.1) is 6.92 Å². The van der Waals surface area contributed by atoms with Gasteiger partial charge in [0.15, 0.2) is 0 Å². The molecular formula is C20H26N4O4. The van der Waals surface area contributed by atoms with Gasteiger partial charge in [0.1, 0.15) is 23.2 Å². The lowest BCUT2D eigenvalue weighted by Crippen LogP contribution is -2.39. The Balaban J connectivity index is 1.71. The highest BCUT2D eigenvalue weighted by Gasteiger charge is 2.22. The fourth-order valence-corrected chi connectivity index (χ4v) is 3.18. The summed E-state index contributed by atoms with van der Waals surface area (Å²) >= 11 is 0. The minimum absolute atomic E-state index is 0.185. The van der Waals surface area contributed by atoms with Crippen LogP contribution in [0.25, 0.3) is 11.1 Å². The molecule has 1 N–H and O–H groups in total. The zero-order valence-electron chi connectivity index (χ0n) is 16.7. The normalized spacial score (nSPS) is 12.6. The third kappa shape index (κ3) is 4.01. The number of furan rings is 2. The highest BCUT2D eigenvalue weighted by atomic mass is 16.3. The summed E-state index contributed by atoms with van der Waals surface area (Å²) in [7, 11) is 1.59. The minimum atomic E-state index is -0.330. The second kappa shape index (κ2) is 8.43. The Morgan fingerprint density at radius 3 is 2.89 bits per heavy atom. The van der Waals surface area contributed by atoms with Gasteiger partial charge in [0.05, 0.1) is 18.4 Å². The summed E-state index contributed by atoms with van der Waals surface area (Å²) in [4.78, 5) is 31.5. The van der Waals surface area contributed by atoms with E-state index < -0.39 is 0 Å². The molecule has 8 heteroatoms. The number of hydrogen-bond donors (Lipinski definition) is 1. The van der Waals surface area contributed by atoms with E-state index >= 15 is 0 Å². The van der Waals surface area contributed by atoms with Crippen molar-refractivity contribution >= 4 is 17.0 Å². The molecule has 3 aromatic rings. The number of nitrogens with one attached hydrogen (secondary N) is 1. The molecule has 1 amide bonds. The first-order valence-electron chi connectivity index (χ1n) is 9.41. The Morgan fingerprint density at radius 1 is 1.43 bits per heavy atom. The van der Waals surface area contributed by atoms with Crippen molar-refractivity contribution in [3.63, 3.8) is 0 Å². The maximum absolute atomic E-state index is 12.8. The van der Waals surface area contributed by atoms with Crippen LogP contribution in [-0.2, 0) is 13.6 Å². The number of carbonyl (C=O) groups excluding carboxylic acids is 1. The summed E-state index contributed by atoms with van der Waals surface area (Å²) in [5, 5.41) is 3.12. The molecule has 0 radical (unpaired) electrons. The van der Waals surface area contributed by atoms with Gasteiger partial charge >= 0.3 is 0 Å². The van der Waals surface area contributed by atoms with E-state index in [1.165, 1.54) is 10.9 Å². The Bertz CT molecular complexity index is 1000. The Hall–Kier alpha value is -2.87. The van der Waals surface area contributed by atoms with Crippen LogP contribution in [-0.4, -0.2) is 39.5 Å². The van der Waals surface area contributed by atoms with Gasteiger partial charge in [-0.2, -0.15) is 0 Å². The number of amides is 1. The van der Waals surface area contributed by atoms with Gasteiger partial charge < -0.3 is 18.7 Å². The van der Waals surface area contributed by atoms with E-state index in [1.807, 2.05) is 12.1 Å². The molecule has 3 aromatic heterocycles. The lowest BCUT2D eigenvalue weighted by atomic mass is 10.1. The first kappa shape index (κ1) is 19.9. The molecule has 28 heavy (non-hydrogen) atoms. The quantitative estimate of drug-likeness (QED) is 0.639. The first-order valence-corrected chi connectivity index (χ1v) is 9.41. The largest absolute Gasteiger partial charge is 0.468 e. The van der Waals surface area contributed by atoms with Crippen molar-refractivity contribution in [2.75, 3.05) is 13.1 Å². The Labute approximate surface area is 163 Å². The molecule has 0 aliphatic carbocycles. The third-order valence-corrected chi connectivity index (χ3v) is 5.01. The van der Waals surface area contributed by atoms with Crippen molar-refractivity contribution in [2.45, 2.75) is 39.8 Å². The molecule has 0 aliphatic rings. The maximum atomic E-state index is 12.8. The molecule has 0 aromatic carbocycles. The summed E-state index contributed by atoms with van der Waals surface area (Å²) < 4.78 is 12.3. The summed E-state index contributed by atoms with van der Waals surface area (Å²) in [5.74, 6) is 0.944. The molecule has 0 bridgehead atoms. The molecule has 1 atom stereocenters. The predicted octanol–water partition coefficient (Wildman–Crippen LogP) is 2.46. The number of carbonyl (C=O) groups is 1. The molecule has 3 rings (SSSR count).